The quantitative estimate of drug-likeness (QED) is 0.909. The van der Waals surface area contributed by atoms with Crippen LogP contribution in [0.3, 0.4) is 0 Å². The van der Waals surface area contributed by atoms with E-state index in [4.69, 9.17) is 26.8 Å². The molecule has 1 saturated heterocycles. The third-order valence-corrected chi connectivity index (χ3v) is 4.34. The average molecular weight is 301 g/mol. The van der Waals surface area contributed by atoms with Crippen molar-refractivity contribution in [2.45, 2.75) is 12.5 Å². The zero-order valence-electron chi connectivity index (χ0n) is 11.4. The number of fused-ring (bicyclic) bond motifs is 1. The molecule has 0 spiro atoms. The fourth-order valence-electron chi connectivity index (χ4n) is 3.07. The highest BCUT2D eigenvalue weighted by molar-refractivity contribution is 6.31. The summed E-state index contributed by atoms with van der Waals surface area (Å²) in [6.07, 6.45) is 0.806. The van der Waals surface area contributed by atoms with Crippen LogP contribution in [-0.4, -0.2) is 38.3 Å². The molecule has 1 aromatic carbocycles. The van der Waals surface area contributed by atoms with Gasteiger partial charge in [0.1, 0.15) is 13.2 Å². The smallest absolute Gasteiger partial charge is 0.169 e. The molecule has 2 heterocycles. The lowest BCUT2D eigenvalue weighted by molar-refractivity contribution is 0.164. The molecular formula is C14H18ClFN2O2. The van der Waals surface area contributed by atoms with E-state index in [2.05, 4.69) is 4.90 Å². The molecule has 0 aromatic heterocycles. The number of hydrogen-bond donors (Lipinski definition) is 1. The maximum atomic E-state index is 14.5. The van der Waals surface area contributed by atoms with Gasteiger partial charge in [-0.2, -0.15) is 0 Å². The third kappa shape index (κ3) is 2.24. The van der Waals surface area contributed by atoms with Gasteiger partial charge in [0.2, 0.25) is 0 Å². The van der Waals surface area contributed by atoms with Crippen molar-refractivity contribution in [3.63, 3.8) is 0 Å². The summed E-state index contributed by atoms with van der Waals surface area (Å²) in [6.45, 7) is 2.34. The van der Waals surface area contributed by atoms with Crippen LogP contribution in [0.25, 0.3) is 0 Å². The van der Waals surface area contributed by atoms with Crippen LogP contribution >= 0.6 is 11.6 Å². The van der Waals surface area contributed by atoms with Gasteiger partial charge in [-0.05, 0) is 25.9 Å². The third-order valence-electron chi connectivity index (χ3n) is 4.06. The van der Waals surface area contributed by atoms with Gasteiger partial charge < -0.3 is 15.2 Å². The van der Waals surface area contributed by atoms with E-state index in [9.17, 15) is 4.39 Å². The predicted octanol–water partition coefficient (Wildman–Crippen LogP) is 2.20. The normalized spacial score (nSPS) is 26.0. The Kier molecular flexibility index (Phi) is 3.75. The fraction of sp³-hybridized carbons (Fsp3) is 0.571. The fourth-order valence-corrected chi connectivity index (χ4v) is 3.27. The molecule has 2 aliphatic heterocycles. The molecular weight excluding hydrogens is 283 g/mol. The minimum absolute atomic E-state index is 0.0716. The highest BCUT2D eigenvalue weighted by Crippen LogP contribution is 2.46. The largest absolute Gasteiger partial charge is 0.486 e. The van der Waals surface area contributed by atoms with E-state index in [1.165, 1.54) is 6.07 Å². The maximum Gasteiger partial charge on any atom is 0.169 e. The van der Waals surface area contributed by atoms with Crippen molar-refractivity contribution in [2.75, 3.05) is 33.4 Å². The van der Waals surface area contributed by atoms with E-state index < -0.39 is 5.82 Å². The van der Waals surface area contributed by atoms with Gasteiger partial charge >= 0.3 is 0 Å². The Bertz CT molecular complexity index is 526. The summed E-state index contributed by atoms with van der Waals surface area (Å²) in [5.41, 5.74) is 6.24. The van der Waals surface area contributed by atoms with Crippen molar-refractivity contribution >= 4 is 11.6 Å². The van der Waals surface area contributed by atoms with Crippen molar-refractivity contribution in [1.82, 2.24) is 4.90 Å². The van der Waals surface area contributed by atoms with Crippen molar-refractivity contribution in [2.24, 2.45) is 11.7 Å². The molecule has 0 saturated carbocycles. The SMILES string of the molecule is CN1CC(CN)CC1c1c(F)c(Cl)cc2c1OCCO2. The molecule has 2 N–H and O–H groups in total. The second-order valence-electron chi connectivity index (χ2n) is 5.40. The van der Waals surface area contributed by atoms with Crippen molar-refractivity contribution in [3.8, 4) is 11.5 Å². The van der Waals surface area contributed by atoms with Gasteiger partial charge in [0.05, 0.1) is 10.6 Å². The summed E-state index contributed by atoms with van der Waals surface area (Å²) >= 11 is 5.99. The second kappa shape index (κ2) is 5.39. The Hall–Kier alpha value is -1.04. The highest BCUT2D eigenvalue weighted by Gasteiger charge is 2.36. The number of nitrogens with two attached hydrogens (primary N) is 1. The second-order valence-corrected chi connectivity index (χ2v) is 5.81. The van der Waals surface area contributed by atoms with E-state index in [1.54, 1.807) is 0 Å². The van der Waals surface area contributed by atoms with Crippen LogP contribution in [0, 0.1) is 11.7 Å². The Morgan fingerprint density at radius 3 is 2.90 bits per heavy atom. The molecule has 0 radical (unpaired) electrons. The number of benzene rings is 1. The van der Waals surface area contributed by atoms with Crippen molar-refractivity contribution < 1.29 is 13.9 Å². The van der Waals surface area contributed by atoms with Gasteiger partial charge in [-0.3, -0.25) is 4.90 Å². The monoisotopic (exact) mass is 300 g/mol. The molecule has 6 heteroatoms. The standard InChI is InChI=1S/C14H18ClFN2O2/c1-18-7-8(6-17)4-10(18)12-13(16)9(15)5-11-14(12)20-3-2-19-11/h5,8,10H,2-4,6-7,17H2,1H3. The molecule has 0 bridgehead atoms. The minimum atomic E-state index is -0.412. The van der Waals surface area contributed by atoms with Gasteiger partial charge in [-0.1, -0.05) is 11.6 Å². The van der Waals surface area contributed by atoms with Gasteiger partial charge in [-0.25, -0.2) is 4.39 Å². The van der Waals surface area contributed by atoms with Gasteiger partial charge in [-0.15, -0.1) is 0 Å². The number of hydrogen-bond acceptors (Lipinski definition) is 4. The van der Waals surface area contributed by atoms with Crippen molar-refractivity contribution in [1.29, 1.82) is 0 Å². The number of ether oxygens (including phenoxy) is 2. The highest BCUT2D eigenvalue weighted by atomic mass is 35.5. The molecule has 4 nitrogen and oxygen atoms in total. The summed E-state index contributed by atoms with van der Waals surface area (Å²) in [5, 5.41) is 0.0776. The van der Waals surface area contributed by atoms with Crippen LogP contribution in [0.15, 0.2) is 6.07 Å². The number of rotatable bonds is 2. The molecule has 110 valence electrons. The van der Waals surface area contributed by atoms with E-state index in [0.717, 1.165) is 13.0 Å². The van der Waals surface area contributed by atoms with Crippen LogP contribution in [-0.2, 0) is 0 Å². The van der Waals surface area contributed by atoms with Crippen LogP contribution in [0.5, 0.6) is 11.5 Å². The molecule has 0 amide bonds. The zero-order chi connectivity index (χ0) is 14.3. The molecule has 20 heavy (non-hydrogen) atoms. The average Bonchev–Trinajstić information content (AvgIpc) is 2.81. The summed E-state index contributed by atoms with van der Waals surface area (Å²) in [5.74, 6) is 0.976. The Morgan fingerprint density at radius 2 is 2.20 bits per heavy atom. The van der Waals surface area contributed by atoms with Crippen LogP contribution < -0.4 is 15.2 Å². The van der Waals surface area contributed by atoms with Crippen molar-refractivity contribution in [3.05, 3.63) is 22.5 Å². The van der Waals surface area contributed by atoms with Gasteiger partial charge in [0, 0.05) is 18.7 Å². The van der Waals surface area contributed by atoms with Gasteiger partial charge in [0.15, 0.2) is 17.3 Å². The van der Waals surface area contributed by atoms with Gasteiger partial charge in [0.25, 0.3) is 0 Å². The topological polar surface area (TPSA) is 47.7 Å². The van der Waals surface area contributed by atoms with Crippen LogP contribution in [0.1, 0.15) is 18.0 Å². The molecule has 1 aromatic rings. The first-order chi connectivity index (χ1) is 9.61. The summed E-state index contributed by atoms with van der Waals surface area (Å²) in [6, 6.07) is 1.42. The number of nitrogens with zero attached hydrogens (tertiary/aromatic N) is 1. The Balaban J connectivity index is 2.06. The summed E-state index contributed by atoms with van der Waals surface area (Å²) < 4.78 is 25.7. The van der Waals surface area contributed by atoms with E-state index in [0.29, 0.717) is 42.7 Å². The zero-order valence-corrected chi connectivity index (χ0v) is 12.1. The summed E-state index contributed by atoms with van der Waals surface area (Å²) in [4.78, 5) is 2.10. The van der Waals surface area contributed by atoms with E-state index >= 15 is 0 Å². The molecule has 0 aliphatic carbocycles. The maximum absolute atomic E-state index is 14.5. The van der Waals surface area contributed by atoms with E-state index in [-0.39, 0.29) is 11.1 Å². The lowest BCUT2D eigenvalue weighted by atomic mass is 9.98. The first-order valence-corrected chi connectivity index (χ1v) is 7.17. The Labute approximate surface area is 122 Å². The Morgan fingerprint density at radius 1 is 1.45 bits per heavy atom. The van der Waals surface area contributed by atoms with Crippen LogP contribution in [0.2, 0.25) is 5.02 Å². The predicted molar refractivity (Wildman–Crippen MR) is 74.9 cm³/mol. The molecule has 3 rings (SSSR count). The molecule has 2 unspecified atom stereocenters. The lowest BCUT2D eigenvalue weighted by Gasteiger charge is -2.27. The van der Waals surface area contributed by atoms with E-state index in [1.807, 2.05) is 7.05 Å². The van der Waals surface area contributed by atoms with Crippen LogP contribution in [0.4, 0.5) is 4.39 Å². The molecule has 2 aliphatic rings. The lowest BCUT2D eigenvalue weighted by Crippen LogP contribution is -2.23. The number of likely N-dealkylation sites (tertiary alicyclic amines) is 1. The first-order valence-electron chi connectivity index (χ1n) is 6.79. The summed E-state index contributed by atoms with van der Waals surface area (Å²) in [7, 11) is 1.97. The molecule has 1 fully saturated rings. The minimum Gasteiger partial charge on any atom is -0.486 e. The first kappa shape index (κ1) is 13.9. The molecule has 2 atom stereocenters. The number of halogens is 2.